The van der Waals surface area contributed by atoms with E-state index in [0.29, 0.717) is 30.5 Å². The molecule has 2 aromatic rings. The minimum atomic E-state index is -4.37. The lowest BCUT2D eigenvalue weighted by Gasteiger charge is -2.43. The lowest BCUT2D eigenvalue weighted by Crippen LogP contribution is -2.50. The number of amides is 1. The van der Waals surface area contributed by atoms with E-state index in [-0.39, 0.29) is 18.6 Å². The third-order valence-electron chi connectivity index (χ3n) is 7.58. The molecule has 1 atom stereocenters. The lowest BCUT2D eigenvalue weighted by molar-refractivity contribution is -0.137. The third-order valence-corrected chi connectivity index (χ3v) is 7.83. The van der Waals surface area contributed by atoms with Gasteiger partial charge in [0.1, 0.15) is 0 Å². The third kappa shape index (κ3) is 6.69. The van der Waals surface area contributed by atoms with Gasteiger partial charge in [0, 0.05) is 30.2 Å². The minimum absolute atomic E-state index is 0.0936. The molecule has 0 radical (unpaired) electrons. The number of halogens is 4. The summed E-state index contributed by atoms with van der Waals surface area (Å²) in [6.07, 6.45) is 2.34. The van der Waals surface area contributed by atoms with E-state index in [1.807, 2.05) is 12.1 Å². The standard InChI is InChI=1S/C28H32ClF3N2O2/c29-25-8-4-21(5-9-25)22-11-15-33(16-12-22)26(19-35)23-13-17-34(18-14-23)27(36)10-3-20-1-6-24(7-2-20)28(30,31)32/h1-10,22-23,26,35H,11-19H2. The van der Waals surface area contributed by atoms with Crippen molar-refractivity contribution in [3.63, 3.8) is 0 Å². The summed E-state index contributed by atoms with van der Waals surface area (Å²) in [6, 6.07) is 12.9. The SMILES string of the molecule is O=C(C=Cc1ccc(C(F)(F)F)cc1)N1CCC(C(CO)N2CCC(c3ccc(Cl)cc3)CC2)CC1. The van der Waals surface area contributed by atoms with Crippen molar-refractivity contribution in [2.45, 2.75) is 43.8 Å². The maximum absolute atomic E-state index is 12.7. The molecule has 0 spiro atoms. The molecule has 2 saturated heterocycles. The van der Waals surface area contributed by atoms with E-state index in [0.717, 1.165) is 55.9 Å². The van der Waals surface area contributed by atoms with E-state index in [9.17, 15) is 23.1 Å². The van der Waals surface area contributed by atoms with Crippen molar-refractivity contribution in [2.75, 3.05) is 32.8 Å². The van der Waals surface area contributed by atoms with Gasteiger partial charge in [0.25, 0.3) is 0 Å². The number of hydrogen-bond acceptors (Lipinski definition) is 3. The van der Waals surface area contributed by atoms with E-state index in [1.165, 1.54) is 23.8 Å². The first-order chi connectivity index (χ1) is 17.2. The Morgan fingerprint density at radius 2 is 1.58 bits per heavy atom. The highest BCUT2D eigenvalue weighted by molar-refractivity contribution is 6.30. The fourth-order valence-corrected chi connectivity index (χ4v) is 5.55. The van der Waals surface area contributed by atoms with Crippen molar-refractivity contribution in [3.8, 4) is 0 Å². The molecule has 2 aliphatic heterocycles. The fraction of sp³-hybridized carbons (Fsp3) is 0.464. The average molecular weight is 521 g/mol. The molecular weight excluding hydrogens is 489 g/mol. The number of carbonyl (C=O) groups is 1. The molecule has 36 heavy (non-hydrogen) atoms. The van der Waals surface area contributed by atoms with Crippen LogP contribution in [0.3, 0.4) is 0 Å². The Bertz CT molecular complexity index is 1020. The number of carbonyl (C=O) groups excluding carboxylic acids is 1. The van der Waals surface area contributed by atoms with Crippen LogP contribution in [0.1, 0.15) is 48.3 Å². The van der Waals surface area contributed by atoms with Gasteiger partial charge < -0.3 is 10.0 Å². The van der Waals surface area contributed by atoms with Crippen LogP contribution in [0.2, 0.25) is 5.02 Å². The van der Waals surface area contributed by atoms with E-state index in [2.05, 4.69) is 17.0 Å². The molecule has 8 heteroatoms. The largest absolute Gasteiger partial charge is 0.416 e. The van der Waals surface area contributed by atoms with Gasteiger partial charge in [0.2, 0.25) is 5.91 Å². The summed E-state index contributed by atoms with van der Waals surface area (Å²) < 4.78 is 38.1. The smallest absolute Gasteiger partial charge is 0.395 e. The second kappa shape index (κ2) is 11.8. The first-order valence-corrected chi connectivity index (χ1v) is 12.9. The number of aliphatic hydroxyl groups is 1. The van der Waals surface area contributed by atoms with Crippen LogP contribution >= 0.6 is 11.6 Å². The molecule has 1 N–H and O–H groups in total. The zero-order chi connectivity index (χ0) is 25.7. The van der Waals surface area contributed by atoms with Crippen LogP contribution in [0, 0.1) is 5.92 Å². The second-order valence-corrected chi connectivity index (χ2v) is 10.2. The Morgan fingerprint density at radius 3 is 2.14 bits per heavy atom. The number of alkyl halides is 3. The summed E-state index contributed by atoms with van der Waals surface area (Å²) in [4.78, 5) is 16.8. The molecule has 1 unspecified atom stereocenters. The highest BCUT2D eigenvalue weighted by Gasteiger charge is 2.33. The van der Waals surface area contributed by atoms with Gasteiger partial charge >= 0.3 is 6.18 Å². The van der Waals surface area contributed by atoms with Crippen molar-refractivity contribution in [2.24, 2.45) is 5.92 Å². The van der Waals surface area contributed by atoms with E-state index >= 15 is 0 Å². The molecule has 4 nitrogen and oxygen atoms in total. The Hall–Kier alpha value is -2.35. The number of aliphatic hydroxyl groups excluding tert-OH is 1. The number of benzene rings is 2. The quantitative estimate of drug-likeness (QED) is 0.486. The van der Waals surface area contributed by atoms with E-state index in [4.69, 9.17) is 11.6 Å². The molecule has 2 heterocycles. The Kier molecular flexibility index (Phi) is 8.75. The summed E-state index contributed by atoms with van der Waals surface area (Å²) in [7, 11) is 0. The van der Waals surface area contributed by atoms with E-state index in [1.54, 1.807) is 11.0 Å². The number of likely N-dealkylation sites (tertiary alicyclic amines) is 2. The minimum Gasteiger partial charge on any atom is -0.395 e. The zero-order valence-electron chi connectivity index (χ0n) is 20.1. The molecule has 2 fully saturated rings. The van der Waals surface area contributed by atoms with Crippen molar-refractivity contribution < 1.29 is 23.1 Å². The molecule has 194 valence electrons. The normalized spacial score (nSPS) is 19.6. The van der Waals surface area contributed by atoms with Gasteiger partial charge in [-0.25, -0.2) is 0 Å². The fourth-order valence-electron chi connectivity index (χ4n) is 5.42. The Morgan fingerprint density at radius 1 is 0.972 bits per heavy atom. The molecule has 2 aliphatic rings. The topological polar surface area (TPSA) is 43.8 Å². The van der Waals surface area contributed by atoms with Crippen LogP contribution < -0.4 is 0 Å². The van der Waals surface area contributed by atoms with Crippen molar-refractivity contribution in [3.05, 3.63) is 76.3 Å². The first-order valence-electron chi connectivity index (χ1n) is 12.5. The molecule has 0 saturated carbocycles. The van der Waals surface area contributed by atoms with Crippen LogP contribution in [-0.4, -0.2) is 59.6 Å². The van der Waals surface area contributed by atoms with Crippen LogP contribution in [0.5, 0.6) is 0 Å². The lowest BCUT2D eigenvalue weighted by atomic mass is 9.85. The average Bonchev–Trinajstić information content (AvgIpc) is 2.89. The second-order valence-electron chi connectivity index (χ2n) is 9.73. The molecule has 1 amide bonds. The van der Waals surface area contributed by atoms with E-state index < -0.39 is 11.7 Å². The maximum atomic E-state index is 12.7. The van der Waals surface area contributed by atoms with Gasteiger partial charge in [-0.1, -0.05) is 35.9 Å². The van der Waals surface area contributed by atoms with Crippen LogP contribution in [-0.2, 0) is 11.0 Å². The molecule has 4 rings (SSSR count). The number of hydrogen-bond donors (Lipinski definition) is 1. The summed E-state index contributed by atoms with van der Waals surface area (Å²) in [5, 5.41) is 10.9. The summed E-state index contributed by atoms with van der Waals surface area (Å²) in [5.74, 6) is 0.691. The summed E-state index contributed by atoms with van der Waals surface area (Å²) in [5.41, 5.74) is 1.16. The molecular formula is C28H32ClF3N2O2. The summed E-state index contributed by atoms with van der Waals surface area (Å²) in [6.45, 7) is 3.20. The molecule has 0 aromatic heterocycles. The first kappa shape index (κ1) is 26.7. The molecule has 2 aromatic carbocycles. The van der Waals surface area contributed by atoms with Gasteiger partial charge in [-0.05, 0) is 92.1 Å². The highest BCUT2D eigenvalue weighted by Crippen LogP contribution is 2.33. The van der Waals surface area contributed by atoms with Crippen LogP contribution in [0.15, 0.2) is 54.6 Å². The van der Waals surface area contributed by atoms with Gasteiger partial charge in [-0.2, -0.15) is 13.2 Å². The van der Waals surface area contributed by atoms with Gasteiger partial charge in [-0.3, -0.25) is 9.69 Å². The van der Waals surface area contributed by atoms with Gasteiger partial charge in [-0.15, -0.1) is 0 Å². The van der Waals surface area contributed by atoms with Crippen molar-refractivity contribution >= 4 is 23.6 Å². The Labute approximate surface area is 215 Å². The maximum Gasteiger partial charge on any atom is 0.416 e. The predicted molar refractivity (Wildman–Crippen MR) is 136 cm³/mol. The van der Waals surface area contributed by atoms with Crippen LogP contribution in [0.4, 0.5) is 13.2 Å². The van der Waals surface area contributed by atoms with Gasteiger partial charge in [0.15, 0.2) is 0 Å². The molecule has 0 aliphatic carbocycles. The van der Waals surface area contributed by atoms with Gasteiger partial charge in [0.05, 0.1) is 12.2 Å². The zero-order valence-corrected chi connectivity index (χ0v) is 20.9. The van der Waals surface area contributed by atoms with Crippen molar-refractivity contribution in [1.82, 2.24) is 9.80 Å². The summed E-state index contributed by atoms with van der Waals surface area (Å²) >= 11 is 6.02. The number of piperidine rings is 2. The molecule has 0 bridgehead atoms. The van der Waals surface area contributed by atoms with Crippen LogP contribution in [0.25, 0.3) is 6.08 Å². The Balaban J connectivity index is 1.25. The monoisotopic (exact) mass is 520 g/mol. The highest BCUT2D eigenvalue weighted by atomic mass is 35.5. The predicted octanol–water partition coefficient (Wildman–Crippen LogP) is 5.85. The van der Waals surface area contributed by atoms with Crippen molar-refractivity contribution in [1.29, 1.82) is 0 Å². The number of nitrogens with zero attached hydrogens (tertiary/aromatic N) is 2. The number of rotatable bonds is 6.